The normalized spacial score (nSPS) is 19.1. The van der Waals surface area contributed by atoms with E-state index in [0.29, 0.717) is 10.2 Å². The third-order valence-corrected chi connectivity index (χ3v) is 3.56. The van der Waals surface area contributed by atoms with Gasteiger partial charge in [-0.2, -0.15) is 0 Å². The first-order valence-electron chi connectivity index (χ1n) is 5.40. The van der Waals surface area contributed by atoms with Gasteiger partial charge in [-0.15, -0.1) is 0 Å². The highest BCUT2D eigenvalue weighted by Crippen LogP contribution is 2.37. The molecule has 5 nitrogen and oxygen atoms in total. The van der Waals surface area contributed by atoms with Crippen LogP contribution in [0.3, 0.4) is 0 Å². The first-order chi connectivity index (χ1) is 8.54. The van der Waals surface area contributed by atoms with Gasteiger partial charge in [-0.05, 0) is 28.1 Å². The number of methoxy groups -OCH3 is 1. The predicted octanol–water partition coefficient (Wildman–Crippen LogP) is 1.68. The van der Waals surface area contributed by atoms with E-state index in [1.165, 1.54) is 12.0 Å². The molecular formula is C12H12BrNO4. The molecule has 1 aromatic carbocycles. The Bertz CT molecular complexity index is 503. The molecule has 0 aliphatic carbocycles. The molecule has 1 aromatic rings. The molecule has 0 spiro atoms. The van der Waals surface area contributed by atoms with Gasteiger partial charge in [0, 0.05) is 13.0 Å². The summed E-state index contributed by atoms with van der Waals surface area (Å²) >= 11 is 3.19. The molecule has 96 valence electrons. The van der Waals surface area contributed by atoms with E-state index in [-0.39, 0.29) is 24.6 Å². The molecule has 18 heavy (non-hydrogen) atoms. The van der Waals surface area contributed by atoms with Gasteiger partial charge in [-0.25, -0.2) is 0 Å². The van der Waals surface area contributed by atoms with Crippen LogP contribution in [0.1, 0.15) is 6.42 Å². The zero-order chi connectivity index (χ0) is 13.3. The second-order valence-corrected chi connectivity index (χ2v) is 4.89. The lowest BCUT2D eigenvalue weighted by atomic mass is 10.1. The van der Waals surface area contributed by atoms with E-state index in [0.717, 1.165) is 0 Å². The second kappa shape index (κ2) is 4.97. The monoisotopic (exact) mass is 313 g/mol. The standard InChI is InChI=1S/C12H12BrNO4/c1-18-12(17)7-5-10(15)14(6-7)9-4-2-3-8(13)11(9)16/h2-4,7,16H,5-6H2,1H3. The summed E-state index contributed by atoms with van der Waals surface area (Å²) < 4.78 is 5.14. The number of anilines is 1. The molecule has 1 aliphatic heterocycles. The Morgan fingerprint density at radius 2 is 2.28 bits per heavy atom. The number of hydrogen-bond acceptors (Lipinski definition) is 4. The molecule has 1 N–H and O–H groups in total. The lowest BCUT2D eigenvalue weighted by molar-refractivity contribution is -0.145. The Hall–Kier alpha value is -1.56. The fraction of sp³-hybridized carbons (Fsp3) is 0.333. The molecule has 0 aromatic heterocycles. The molecule has 1 unspecified atom stereocenters. The van der Waals surface area contributed by atoms with Gasteiger partial charge in [0.25, 0.3) is 0 Å². The third kappa shape index (κ3) is 2.20. The van der Waals surface area contributed by atoms with Crippen LogP contribution in [-0.4, -0.2) is 30.6 Å². The van der Waals surface area contributed by atoms with E-state index in [1.807, 2.05) is 0 Å². The Morgan fingerprint density at radius 3 is 2.94 bits per heavy atom. The number of nitrogens with zero attached hydrogens (tertiary/aromatic N) is 1. The number of phenols is 1. The molecule has 2 rings (SSSR count). The molecular weight excluding hydrogens is 302 g/mol. The number of ether oxygens (including phenoxy) is 1. The van der Waals surface area contributed by atoms with Crippen LogP contribution in [0.2, 0.25) is 0 Å². The number of carbonyl (C=O) groups excluding carboxylic acids is 2. The van der Waals surface area contributed by atoms with Crippen molar-refractivity contribution >= 4 is 33.5 Å². The van der Waals surface area contributed by atoms with Gasteiger partial charge in [0.1, 0.15) is 0 Å². The van der Waals surface area contributed by atoms with Gasteiger partial charge in [0.05, 0.1) is 23.2 Å². The van der Waals surface area contributed by atoms with E-state index < -0.39 is 11.9 Å². The van der Waals surface area contributed by atoms with Crippen molar-refractivity contribution in [2.75, 3.05) is 18.6 Å². The molecule has 0 bridgehead atoms. The van der Waals surface area contributed by atoms with Gasteiger partial charge in [-0.1, -0.05) is 6.07 Å². The number of rotatable bonds is 2. The number of amides is 1. The van der Waals surface area contributed by atoms with Crippen LogP contribution in [0.5, 0.6) is 5.75 Å². The fourth-order valence-corrected chi connectivity index (χ4v) is 2.34. The summed E-state index contributed by atoms with van der Waals surface area (Å²) in [6, 6.07) is 5.03. The van der Waals surface area contributed by atoms with E-state index >= 15 is 0 Å². The van der Waals surface area contributed by atoms with E-state index in [1.54, 1.807) is 18.2 Å². The summed E-state index contributed by atoms with van der Waals surface area (Å²) in [5, 5.41) is 9.90. The summed E-state index contributed by atoms with van der Waals surface area (Å²) in [5.41, 5.74) is 0.403. The molecule has 1 atom stereocenters. The van der Waals surface area contributed by atoms with Crippen molar-refractivity contribution in [2.24, 2.45) is 5.92 Å². The van der Waals surface area contributed by atoms with Crippen molar-refractivity contribution in [1.82, 2.24) is 0 Å². The van der Waals surface area contributed by atoms with Crippen molar-refractivity contribution in [3.63, 3.8) is 0 Å². The highest BCUT2D eigenvalue weighted by atomic mass is 79.9. The van der Waals surface area contributed by atoms with Crippen LogP contribution < -0.4 is 4.90 Å². The maximum atomic E-state index is 11.9. The molecule has 1 heterocycles. The fourth-order valence-electron chi connectivity index (χ4n) is 1.99. The van der Waals surface area contributed by atoms with Crippen molar-refractivity contribution < 1.29 is 19.4 Å². The Labute approximate surface area is 112 Å². The zero-order valence-electron chi connectivity index (χ0n) is 9.72. The van der Waals surface area contributed by atoms with Crippen LogP contribution >= 0.6 is 15.9 Å². The minimum Gasteiger partial charge on any atom is -0.505 e. The molecule has 6 heteroatoms. The third-order valence-electron chi connectivity index (χ3n) is 2.92. The number of aromatic hydroxyl groups is 1. The Balaban J connectivity index is 2.27. The Kier molecular flexibility index (Phi) is 3.56. The number of para-hydroxylation sites is 1. The number of benzene rings is 1. The topological polar surface area (TPSA) is 66.8 Å². The number of carbonyl (C=O) groups is 2. The number of esters is 1. The van der Waals surface area contributed by atoms with Crippen LogP contribution in [0.25, 0.3) is 0 Å². The van der Waals surface area contributed by atoms with Gasteiger partial charge >= 0.3 is 5.97 Å². The SMILES string of the molecule is COC(=O)C1CC(=O)N(c2cccc(Br)c2O)C1. The highest BCUT2D eigenvalue weighted by molar-refractivity contribution is 9.10. The smallest absolute Gasteiger partial charge is 0.311 e. The molecule has 0 radical (unpaired) electrons. The number of halogens is 1. The molecule has 1 aliphatic rings. The lowest BCUT2D eigenvalue weighted by Gasteiger charge is -2.18. The van der Waals surface area contributed by atoms with Crippen molar-refractivity contribution in [3.8, 4) is 5.75 Å². The quantitative estimate of drug-likeness (QED) is 0.844. The van der Waals surface area contributed by atoms with Gasteiger partial charge in [0.15, 0.2) is 5.75 Å². The van der Waals surface area contributed by atoms with Gasteiger partial charge < -0.3 is 14.7 Å². The first kappa shape index (κ1) is 12.9. The van der Waals surface area contributed by atoms with Crippen LogP contribution in [0.15, 0.2) is 22.7 Å². The van der Waals surface area contributed by atoms with E-state index in [4.69, 9.17) is 0 Å². The van der Waals surface area contributed by atoms with Crippen molar-refractivity contribution in [2.45, 2.75) is 6.42 Å². The molecule has 1 saturated heterocycles. The number of phenolic OH excluding ortho intramolecular Hbond substituents is 1. The van der Waals surface area contributed by atoms with E-state index in [2.05, 4.69) is 20.7 Å². The largest absolute Gasteiger partial charge is 0.505 e. The van der Waals surface area contributed by atoms with Crippen molar-refractivity contribution in [3.05, 3.63) is 22.7 Å². The molecule has 1 amide bonds. The predicted molar refractivity (Wildman–Crippen MR) is 68.3 cm³/mol. The maximum absolute atomic E-state index is 11.9. The van der Waals surface area contributed by atoms with Crippen LogP contribution in [0.4, 0.5) is 5.69 Å². The summed E-state index contributed by atoms with van der Waals surface area (Å²) in [6.07, 6.45) is 0.110. The summed E-state index contributed by atoms with van der Waals surface area (Å²) in [7, 11) is 1.30. The number of hydrogen-bond donors (Lipinski definition) is 1. The summed E-state index contributed by atoms with van der Waals surface area (Å²) in [6.45, 7) is 0.232. The minimum atomic E-state index is -0.471. The first-order valence-corrected chi connectivity index (χ1v) is 6.19. The average molecular weight is 314 g/mol. The highest BCUT2D eigenvalue weighted by Gasteiger charge is 2.36. The van der Waals surface area contributed by atoms with Gasteiger partial charge in [0.2, 0.25) is 5.91 Å². The Morgan fingerprint density at radius 1 is 1.56 bits per heavy atom. The maximum Gasteiger partial charge on any atom is 0.311 e. The second-order valence-electron chi connectivity index (χ2n) is 4.04. The van der Waals surface area contributed by atoms with Crippen LogP contribution in [-0.2, 0) is 14.3 Å². The van der Waals surface area contributed by atoms with Crippen LogP contribution in [0, 0.1) is 5.92 Å². The van der Waals surface area contributed by atoms with Gasteiger partial charge in [-0.3, -0.25) is 9.59 Å². The minimum absolute atomic E-state index is 0.00336. The molecule has 1 fully saturated rings. The summed E-state index contributed by atoms with van der Waals surface area (Å²) in [4.78, 5) is 24.7. The zero-order valence-corrected chi connectivity index (χ0v) is 11.3. The average Bonchev–Trinajstić information content (AvgIpc) is 2.74. The van der Waals surface area contributed by atoms with E-state index in [9.17, 15) is 14.7 Å². The molecule has 0 saturated carbocycles. The lowest BCUT2D eigenvalue weighted by Crippen LogP contribution is -2.26. The van der Waals surface area contributed by atoms with Crippen molar-refractivity contribution in [1.29, 1.82) is 0 Å². The summed E-state index contributed by atoms with van der Waals surface area (Å²) in [5.74, 6) is -1.07.